The van der Waals surface area contributed by atoms with Crippen molar-refractivity contribution >= 4 is 0 Å². The van der Waals surface area contributed by atoms with Gasteiger partial charge in [-0.2, -0.15) is 4.91 Å². The third kappa shape index (κ3) is 1.95. The molecule has 0 aromatic heterocycles. The molecule has 0 aromatic rings. The minimum atomic E-state index is -0.335. The number of nitrogens with one attached hydrogen (secondary N) is 1. The van der Waals surface area contributed by atoms with Crippen LogP contribution in [0.25, 0.3) is 0 Å². The lowest BCUT2D eigenvalue weighted by Gasteiger charge is -2.29. The SMILES string of the molecule is N[C@H]1C[C@@H](CO)NCC1N=O. The summed E-state index contributed by atoms with van der Waals surface area (Å²) in [7, 11) is 0. The highest BCUT2D eigenvalue weighted by Gasteiger charge is 2.27. The summed E-state index contributed by atoms with van der Waals surface area (Å²) >= 11 is 0. The molecular formula is C6H13N3O2. The molecule has 64 valence electrons. The summed E-state index contributed by atoms with van der Waals surface area (Å²) in [5, 5.41) is 14.6. The van der Waals surface area contributed by atoms with Crippen molar-refractivity contribution in [3.05, 3.63) is 4.91 Å². The molecule has 0 radical (unpaired) electrons. The molecule has 0 spiro atoms. The minimum Gasteiger partial charge on any atom is -0.395 e. The van der Waals surface area contributed by atoms with Crippen LogP contribution in [0.1, 0.15) is 6.42 Å². The molecule has 0 saturated carbocycles. The maximum atomic E-state index is 10.1. The fraction of sp³-hybridized carbons (Fsp3) is 1.00. The Labute approximate surface area is 64.9 Å². The standard InChI is InChI=1S/C6H13N3O2/c7-5-1-4(3-10)8-2-6(5)9-11/h4-6,8,10H,1-3,7H2/t4-,5-,6?/m0/s1. The highest BCUT2D eigenvalue weighted by molar-refractivity contribution is 4.90. The van der Waals surface area contributed by atoms with Crippen LogP contribution in [0.3, 0.4) is 0 Å². The molecule has 4 N–H and O–H groups in total. The zero-order valence-electron chi connectivity index (χ0n) is 6.23. The maximum absolute atomic E-state index is 10.1. The van der Waals surface area contributed by atoms with Gasteiger partial charge in [0.2, 0.25) is 0 Å². The van der Waals surface area contributed by atoms with Crippen LogP contribution in [-0.4, -0.2) is 36.4 Å². The highest BCUT2D eigenvalue weighted by atomic mass is 16.3. The monoisotopic (exact) mass is 159 g/mol. The molecule has 0 bridgehead atoms. The largest absolute Gasteiger partial charge is 0.395 e. The molecule has 1 aliphatic rings. The Morgan fingerprint density at radius 1 is 1.73 bits per heavy atom. The zero-order valence-corrected chi connectivity index (χ0v) is 6.23. The summed E-state index contributed by atoms with van der Waals surface area (Å²) in [6.07, 6.45) is 0.618. The molecule has 5 heteroatoms. The van der Waals surface area contributed by atoms with Crippen LogP contribution in [0.5, 0.6) is 0 Å². The van der Waals surface area contributed by atoms with Gasteiger partial charge in [-0.1, -0.05) is 5.18 Å². The van der Waals surface area contributed by atoms with Gasteiger partial charge in [0.15, 0.2) is 0 Å². The number of nitrogens with zero attached hydrogens (tertiary/aromatic N) is 1. The van der Waals surface area contributed by atoms with E-state index in [2.05, 4.69) is 10.5 Å². The molecule has 1 rings (SSSR count). The quantitative estimate of drug-likeness (QED) is 0.442. The van der Waals surface area contributed by atoms with Crippen molar-refractivity contribution in [2.45, 2.75) is 24.5 Å². The van der Waals surface area contributed by atoms with E-state index >= 15 is 0 Å². The van der Waals surface area contributed by atoms with Gasteiger partial charge < -0.3 is 16.2 Å². The fourth-order valence-corrected chi connectivity index (χ4v) is 1.26. The van der Waals surface area contributed by atoms with Crippen molar-refractivity contribution in [1.82, 2.24) is 5.32 Å². The number of hydrogen-bond acceptors (Lipinski definition) is 5. The van der Waals surface area contributed by atoms with Crippen molar-refractivity contribution in [2.24, 2.45) is 10.9 Å². The van der Waals surface area contributed by atoms with Crippen molar-refractivity contribution in [3.8, 4) is 0 Å². The van der Waals surface area contributed by atoms with E-state index in [9.17, 15) is 4.91 Å². The summed E-state index contributed by atoms with van der Waals surface area (Å²) in [6.45, 7) is 0.551. The third-order valence-electron chi connectivity index (χ3n) is 2.02. The van der Waals surface area contributed by atoms with Crippen LogP contribution in [0.2, 0.25) is 0 Å². The topological polar surface area (TPSA) is 87.7 Å². The molecule has 0 amide bonds. The highest BCUT2D eigenvalue weighted by Crippen LogP contribution is 2.09. The van der Waals surface area contributed by atoms with Gasteiger partial charge in [0.1, 0.15) is 6.04 Å². The Balaban J connectivity index is 2.40. The summed E-state index contributed by atoms with van der Waals surface area (Å²) < 4.78 is 0. The fourth-order valence-electron chi connectivity index (χ4n) is 1.26. The number of rotatable bonds is 2. The van der Waals surface area contributed by atoms with Gasteiger partial charge in [0, 0.05) is 18.6 Å². The van der Waals surface area contributed by atoms with Gasteiger partial charge in [-0.15, -0.1) is 0 Å². The van der Waals surface area contributed by atoms with Crippen LogP contribution < -0.4 is 11.1 Å². The number of aliphatic hydroxyl groups is 1. The van der Waals surface area contributed by atoms with Gasteiger partial charge in [0.25, 0.3) is 0 Å². The maximum Gasteiger partial charge on any atom is 0.119 e. The number of aliphatic hydroxyl groups excluding tert-OH is 1. The van der Waals surface area contributed by atoms with E-state index in [0.29, 0.717) is 13.0 Å². The first-order chi connectivity index (χ1) is 5.27. The molecular weight excluding hydrogens is 146 g/mol. The van der Waals surface area contributed by atoms with E-state index in [1.165, 1.54) is 0 Å². The lowest BCUT2D eigenvalue weighted by Crippen LogP contribution is -2.53. The molecule has 5 nitrogen and oxygen atoms in total. The second kappa shape index (κ2) is 3.75. The first kappa shape index (κ1) is 8.58. The Bertz CT molecular complexity index is 142. The van der Waals surface area contributed by atoms with Crippen LogP contribution in [0, 0.1) is 4.91 Å². The van der Waals surface area contributed by atoms with E-state index in [1.54, 1.807) is 0 Å². The lowest BCUT2D eigenvalue weighted by atomic mass is 9.97. The molecule has 1 aliphatic heterocycles. The Kier molecular flexibility index (Phi) is 2.92. The molecule has 1 saturated heterocycles. The van der Waals surface area contributed by atoms with E-state index in [-0.39, 0.29) is 24.7 Å². The molecule has 0 aliphatic carbocycles. The Hall–Kier alpha value is -0.520. The summed E-state index contributed by atoms with van der Waals surface area (Å²) in [4.78, 5) is 10.1. The summed E-state index contributed by atoms with van der Waals surface area (Å²) in [5.41, 5.74) is 5.61. The van der Waals surface area contributed by atoms with Crippen LogP contribution in [0.15, 0.2) is 5.18 Å². The van der Waals surface area contributed by atoms with E-state index < -0.39 is 0 Å². The van der Waals surface area contributed by atoms with Crippen LogP contribution in [0.4, 0.5) is 0 Å². The van der Waals surface area contributed by atoms with E-state index in [0.717, 1.165) is 0 Å². The average Bonchev–Trinajstić information content (AvgIpc) is 2.04. The molecule has 1 unspecified atom stereocenters. The van der Waals surface area contributed by atoms with Gasteiger partial charge in [0.05, 0.1) is 6.61 Å². The minimum absolute atomic E-state index is 0.0306. The van der Waals surface area contributed by atoms with Crippen molar-refractivity contribution in [2.75, 3.05) is 13.2 Å². The third-order valence-corrected chi connectivity index (χ3v) is 2.02. The van der Waals surface area contributed by atoms with Crippen molar-refractivity contribution in [1.29, 1.82) is 0 Å². The number of piperidine rings is 1. The molecule has 1 heterocycles. The second-order valence-electron chi connectivity index (χ2n) is 2.86. The smallest absolute Gasteiger partial charge is 0.119 e. The predicted molar refractivity (Wildman–Crippen MR) is 41.1 cm³/mol. The van der Waals surface area contributed by atoms with E-state index in [4.69, 9.17) is 10.8 Å². The normalized spacial score (nSPS) is 38.5. The van der Waals surface area contributed by atoms with Crippen LogP contribution >= 0.6 is 0 Å². The van der Waals surface area contributed by atoms with E-state index in [1.807, 2.05) is 0 Å². The zero-order chi connectivity index (χ0) is 8.27. The van der Waals surface area contributed by atoms with Crippen molar-refractivity contribution < 1.29 is 5.11 Å². The van der Waals surface area contributed by atoms with Gasteiger partial charge >= 0.3 is 0 Å². The average molecular weight is 159 g/mol. The summed E-state index contributed by atoms with van der Waals surface area (Å²) in [6, 6.07) is -0.508. The van der Waals surface area contributed by atoms with Gasteiger partial charge in [-0.3, -0.25) is 0 Å². The number of nitrogens with two attached hydrogens (primary N) is 1. The number of nitroso groups, excluding NO2 is 1. The predicted octanol–water partition coefficient (Wildman–Crippen LogP) is -1.20. The first-order valence-electron chi connectivity index (χ1n) is 3.70. The first-order valence-corrected chi connectivity index (χ1v) is 3.70. The van der Waals surface area contributed by atoms with Crippen LogP contribution in [-0.2, 0) is 0 Å². The molecule has 0 aromatic carbocycles. The molecule has 3 atom stereocenters. The number of hydrogen-bond donors (Lipinski definition) is 3. The lowest BCUT2D eigenvalue weighted by molar-refractivity contribution is 0.202. The summed E-state index contributed by atoms with van der Waals surface area (Å²) in [5.74, 6) is 0. The Morgan fingerprint density at radius 3 is 2.91 bits per heavy atom. The van der Waals surface area contributed by atoms with Gasteiger partial charge in [-0.05, 0) is 6.42 Å². The molecule has 11 heavy (non-hydrogen) atoms. The Morgan fingerprint density at radius 2 is 2.45 bits per heavy atom. The van der Waals surface area contributed by atoms with Gasteiger partial charge in [-0.25, -0.2) is 0 Å². The van der Waals surface area contributed by atoms with Crippen molar-refractivity contribution in [3.63, 3.8) is 0 Å². The second-order valence-corrected chi connectivity index (χ2v) is 2.86. The molecule has 1 fully saturated rings.